The summed E-state index contributed by atoms with van der Waals surface area (Å²) < 4.78 is 5.12. The van der Waals surface area contributed by atoms with E-state index in [1.54, 1.807) is 18.4 Å². The topological polar surface area (TPSA) is 73.5 Å². The van der Waals surface area contributed by atoms with E-state index in [1.165, 1.54) is 12.8 Å². The van der Waals surface area contributed by atoms with Gasteiger partial charge in [0, 0.05) is 55.2 Å². The Hall–Kier alpha value is -2.68. The number of nitrogens with one attached hydrogen (secondary N) is 2. The summed E-state index contributed by atoms with van der Waals surface area (Å²) in [5.41, 5.74) is 5.86. The number of nitrogens with zero attached hydrogens (tertiary/aromatic N) is 3. The average molecular weight is 484 g/mol. The van der Waals surface area contributed by atoms with E-state index in [4.69, 9.17) is 9.72 Å². The quantitative estimate of drug-likeness (QED) is 0.432. The van der Waals surface area contributed by atoms with E-state index in [9.17, 15) is 4.79 Å². The molecule has 0 aromatic carbocycles. The van der Waals surface area contributed by atoms with E-state index in [1.807, 2.05) is 39.1 Å². The summed E-state index contributed by atoms with van der Waals surface area (Å²) in [7, 11) is 1.67. The van der Waals surface area contributed by atoms with Crippen LogP contribution in [-0.2, 0) is 9.53 Å². The van der Waals surface area contributed by atoms with Crippen LogP contribution in [0.3, 0.4) is 0 Å². The van der Waals surface area contributed by atoms with Crippen LogP contribution >= 0.6 is 11.3 Å². The second-order valence-corrected chi connectivity index (χ2v) is 9.32. The maximum atomic E-state index is 12.5. The molecule has 1 aliphatic heterocycles. The lowest BCUT2D eigenvalue weighted by Crippen LogP contribution is -2.38. The highest BCUT2D eigenvalue weighted by Gasteiger charge is 2.17. The van der Waals surface area contributed by atoms with Gasteiger partial charge in [0.15, 0.2) is 0 Å². The van der Waals surface area contributed by atoms with Gasteiger partial charge in [0.25, 0.3) is 0 Å². The first-order chi connectivity index (χ1) is 16.4. The molecule has 8 heteroatoms. The van der Waals surface area contributed by atoms with Crippen LogP contribution in [0.25, 0.3) is 22.5 Å². The molecule has 0 radical (unpaired) electrons. The minimum absolute atomic E-state index is 0.0277. The van der Waals surface area contributed by atoms with Gasteiger partial charge in [-0.25, -0.2) is 4.98 Å². The fourth-order valence-electron chi connectivity index (χ4n) is 3.97. The van der Waals surface area contributed by atoms with Gasteiger partial charge in [-0.05, 0) is 45.4 Å². The van der Waals surface area contributed by atoms with Crippen LogP contribution < -0.4 is 5.32 Å². The predicted molar refractivity (Wildman–Crippen MR) is 141 cm³/mol. The zero-order valence-electron chi connectivity index (χ0n) is 20.8. The highest BCUT2D eigenvalue weighted by molar-refractivity contribution is 7.11. The predicted octanol–water partition coefficient (Wildman–Crippen LogP) is 4.60. The van der Waals surface area contributed by atoms with Crippen molar-refractivity contribution in [1.29, 1.82) is 0 Å². The van der Waals surface area contributed by atoms with Crippen LogP contribution in [0.15, 0.2) is 42.1 Å². The second kappa shape index (κ2) is 12.7. The Morgan fingerprint density at radius 3 is 2.85 bits per heavy atom. The molecule has 0 bridgehead atoms. The minimum Gasteiger partial charge on any atom is -0.383 e. The Bertz CT molecular complexity index is 1030. The normalized spacial score (nSPS) is 14.8. The summed E-state index contributed by atoms with van der Waals surface area (Å²) in [5.74, 6) is -0.0277. The summed E-state index contributed by atoms with van der Waals surface area (Å²) in [5, 5.41) is 5.98. The molecule has 184 valence electrons. The van der Waals surface area contributed by atoms with Crippen LogP contribution in [0.2, 0.25) is 0 Å². The Kier molecular flexibility index (Phi) is 9.68. The van der Waals surface area contributed by atoms with E-state index in [0.29, 0.717) is 13.2 Å². The minimum atomic E-state index is -0.0277. The van der Waals surface area contributed by atoms with Gasteiger partial charge in [-0.15, -0.1) is 11.3 Å². The number of likely N-dealkylation sites (N-methyl/N-ethyl adjacent to an activating group) is 1. The van der Waals surface area contributed by atoms with Gasteiger partial charge in [0.05, 0.1) is 30.2 Å². The van der Waals surface area contributed by atoms with E-state index >= 15 is 0 Å². The molecular formula is C26H37N5O2S. The van der Waals surface area contributed by atoms with Crippen molar-refractivity contribution in [3.63, 3.8) is 0 Å². The number of allylic oxidation sites excluding steroid dienone is 4. The number of likely N-dealkylation sites (tertiary alicyclic amines) is 1. The number of thiazole rings is 1. The molecule has 3 heterocycles. The van der Waals surface area contributed by atoms with Gasteiger partial charge in [0.2, 0.25) is 5.91 Å². The van der Waals surface area contributed by atoms with Crippen LogP contribution in [0.5, 0.6) is 0 Å². The van der Waals surface area contributed by atoms with Gasteiger partial charge in [-0.2, -0.15) is 0 Å². The zero-order valence-corrected chi connectivity index (χ0v) is 21.6. The first-order valence-corrected chi connectivity index (χ1v) is 12.8. The molecule has 0 atom stereocenters. The number of rotatable bonds is 12. The van der Waals surface area contributed by atoms with Crippen molar-refractivity contribution < 1.29 is 9.53 Å². The second-order valence-electron chi connectivity index (χ2n) is 8.46. The third-order valence-electron chi connectivity index (χ3n) is 5.97. The standard InChI is InChI=1S/C26H37N5O2S/c1-6-21(14-19(3)28-25(32)17-30(7-2)12-13-33-5)26-29-24(18-34-26)22-15-23(27-16-22)20(4)31-10-8-9-11-31/h6,14-16,18,27H,4,7-13,17H2,1-3,5H3,(H,28,32). The van der Waals surface area contributed by atoms with Gasteiger partial charge in [-0.1, -0.05) is 19.6 Å². The number of ether oxygens (including phenoxy) is 1. The van der Waals surface area contributed by atoms with E-state index < -0.39 is 0 Å². The summed E-state index contributed by atoms with van der Waals surface area (Å²) in [6.07, 6.45) is 8.45. The maximum absolute atomic E-state index is 12.5. The Labute approximate surface area is 207 Å². The molecule has 2 aromatic rings. The van der Waals surface area contributed by atoms with Crippen LogP contribution in [0, 0.1) is 0 Å². The summed E-state index contributed by atoms with van der Waals surface area (Å²) in [4.78, 5) is 25.1. The van der Waals surface area contributed by atoms with E-state index in [0.717, 1.165) is 65.1 Å². The monoisotopic (exact) mass is 483 g/mol. The first kappa shape index (κ1) is 25.9. The first-order valence-electron chi connectivity index (χ1n) is 11.9. The number of H-pyrrole nitrogens is 1. The van der Waals surface area contributed by atoms with Crippen LogP contribution in [0.4, 0.5) is 0 Å². The smallest absolute Gasteiger partial charge is 0.238 e. The Balaban J connectivity index is 1.63. The number of aromatic nitrogens is 2. The Morgan fingerprint density at radius 2 is 2.18 bits per heavy atom. The van der Waals surface area contributed by atoms with Crippen molar-refractivity contribution in [3.05, 3.63) is 52.8 Å². The number of carbonyl (C=O) groups excluding carboxylic acids is 1. The van der Waals surface area contributed by atoms with Gasteiger partial charge in [0.1, 0.15) is 5.01 Å². The third kappa shape index (κ3) is 6.91. The fourth-order valence-corrected chi connectivity index (χ4v) is 4.85. The van der Waals surface area contributed by atoms with Crippen LogP contribution in [0.1, 0.15) is 44.3 Å². The van der Waals surface area contributed by atoms with Gasteiger partial charge in [-0.3, -0.25) is 9.69 Å². The third-order valence-corrected chi connectivity index (χ3v) is 6.87. The van der Waals surface area contributed by atoms with Crippen LogP contribution in [-0.4, -0.2) is 72.1 Å². The SMILES string of the molecule is C=C(c1cc(-c2csc(C(C=C(C)NC(=O)CN(CC)CCOC)=CC)n2)c[nH]1)N1CCCC1. The van der Waals surface area contributed by atoms with Crippen molar-refractivity contribution in [2.24, 2.45) is 0 Å². The molecule has 0 spiro atoms. The summed E-state index contributed by atoms with van der Waals surface area (Å²) in [6, 6.07) is 2.12. The number of aromatic amines is 1. The number of methoxy groups -OCH3 is 1. The number of hydrogen-bond donors (Lipinski definition) is 2. The molecule has 2 aromatic heterocycles. The molecule has 1 saturated heterocycles. The number of carbonyl (C=O) groups is 1. The molecule has 0 aliphatic carbocycles. The van der Waals surface area contributed by atoms with Crippen molar-refractivity contribution in [1.82, 2.24) is 25.1 Å². The van der Waals surface area contributed by atoms with Crippen molar-refractivity contribution in [2.45, 2.75) is 33.6 Å². The van der Waals surface area contributed by atoms with Gasteiger partial charge < -0.3 is 19.9 Å². The van der Waals surface area contributed by atoms with Crippen molar-refractivity contribution in [3.8, 4) is 11.3 Å². The molecule has 1 fully saturated rings. The maximum Gasteiger partial charge on any atom is 0.238 e. The molecule has 7 nitrogen and oxygen atoms in total. The highest BCUT2D eigenvalue weighted by Crippen LogP contribution is 2.30. The molecule has 34 heavy (non-hydrogen) atoms. The van der Waals surface area contributed by atoms with E-state index in [2.05, 4.69) is 38.1 Å². The molecule has 2 N–H and O–H groups in total. The lowest BCUT2D eigenvalue weighted by Gasteiger charge is -2.19. The van der Waals surface area contributed by atoms with E-state index in [-0.39, 0.29) is 5.91 Å². The average Bonchev–Trinajstić information content (AvgIpc) is 3.61. The highest BCUT2D eigenvalue weighted by atomic mass is 32.1. The molecule has 1 amide bonds. The number of amides is 1. The molecule has 3 rings (SSSR count). The summed E-state index contributed by atoms with van der Waals surface area (Å²) in [6.45, 7) is 14.8. The number of hydrogen-bond acceptors (Lipinski definition) is 6. The molecule has 0 saturated carbocycles. The molecule has 0 unspecified atom stereocenters. The summed E-state index contributed by atoms with van der Waals surface area (Å²) >= 11 is 1.60. The van der Waals surface area contributed by atoms with Gasteiger partial charge >= 0.3 is 0 Å². The Morgan fingerprint density at radius 1 is 1.41 bits per heavy atom. The largest absolute Gasteiger partial charge is 0.383 e. The molecular weight excluding hydrogens is 446 g/mol. The lowest BCUT2D eigenvalue weighted by atomic mass is 10.2. The van der Waals surface area contributed by atoms with Crippen molar-refractivity contribution in [2.75, 3.05) is 46.4 Å². The zero-order chi connectivity index (χ0) is 24.5. The lowest BCUT2D eigenvalue weighted by molar-refractivity contribution is -0.121. The fraction of sp³-hybridized carbons (Fsp3) is 0.462. The molecule has 1 aliphatic rings. The van der Waals surface area contributed by atoms with Crippen molar-refractivity contribution >= 4 is 28.5 Å².